The molecule has 104 valence electrons. The van der Waals surface area contributed by atoms with Gasteiger partial charge in [-0.25, -0.2) is 4.39 Å². The van der Waals surface area contributed by atoms with Crippen LogP contribution in [-0.2, 0) is 6.42 Å². The highest BCUT2D eigenvalue weighted by molar-refractivity contribution is 5.80. The van der Waals surface area contributed by atoms with Gasteiger partial charge >= 0.3 is 0 Å². The highest BCUT2D eigenvalue weighted by atomic mass is 19.1. The Morgan fingerprint density at radius 3 is 2.84 bits per heavy atom. The lowest BCUT2D eigenvalue weighted by Gasteiger charge is -2.20. The SMILES string of the molecule is CCNC(=NCCc1cccc(F)c1)N1CCCC1. The van der Waals surface area contributed by atoms with Crippen molar-refractivity contribution in [2.24, 2.45) is 4.99 Å². The molecule has 0 amide bonds. The lowest BCUT2D eigenvalue weighted by atomic mass is 10.1. The lowest BCUT2D eigenvalue weighted by Crippen LogP contribution is -2.39. The van der Waals surface area contributed by atoms with Gasteiger partial charge in [0.2, 0.25) is 0 Å². The predicted octanol–water partition coefficient (Wildman–Crippen LogP) is 2.43. The molecule has 1 fully saturated rings. The van der Waals surface area contributed by atoms with E-state index in [1.54, 1.807) is 12.1 Å². The van der Waals surface area contributed by atoms with E-state index in [0.717, 1.165) is 37.6 Å². The molecule has 1 N–H and O–H groups in total. The van der Waals surface area contributed by atoms with Crippen molar-refractivity contribution >= 4 is 5.96 Å². The van der Waals surface area contributed by atoms with Crippen molar-refractivity contribution in [3.8, 4) is 0 Å². The number of nitrogens with zero attached hydrogens (tertiary/aromatic N) is 2. The van der Waals surface area contributed by atoms with Gasteiger partial charge in [0.05, 0.1) is 0 Å². The summed E-state index contributed by atoms with van der Waals surface area (Å²) in [7, 11) is 0. The second-order valence-corrected chi connectivity index (χ2v) is 4.81. The fourth-order valence-corrected chi connectivity index (χ4v) is 2.34. The van der Waals surface area contributed by atoms with Gasteiger partial charge in [0.25, 0.3) is 0 Å². The number of hydrogen-bond acceptors (Lipinski definition) is 1. The summed E-state index contributed by atoms with van der Waals surface area (Å²) >= 11 is 0. The number of benzene rings is 1. The third kappa shape index (κ3) is 4.23. The smallest absolute Gasteiger partial charge is 0.193 e. The molecule has 1 aromatic rings. The minimum absolute atomic E-state index is 0.173. The number of nitrogens with one attached hydrogen (secondary N) is 1. The minimum Gasteiger partial charge on any atom is -0.357 e. The molecule has 3 nitrogen and oxygen atoms in total. The summed E-state index contributed by atoms with van der Waals surface area (Å²) in [6, 6.07) is 6.75. The minimum atomic E-state index is -0.173. The number of likely N-dealkylation sites (tertiary alicyclic amines) is 1. The summed E-state index contributed by atoms with van der Waals surface area (Å²) < 4.78 is 13.1. The monoisotopic (exact) mass is 263 g/mol. The van der Waals surface area contributed by atoms with Crippen LogP contribution in [0.1, 0.15) is 25.3 Å². The number of aliphatic imine (C=N–C) groups is 1. The van der Waals surface area contributed by atoms with E-state index in [0.29, 0.717) is 6.54 Å². The molecular formula is C15H22FN3. The Morgan fingerprint density at radius 2 is 2.16 bits per heavy atom. The quantitative estimate of drug-likeness (QED) is 0.667. The van der Waals surface area contributed by atoms with Gasteiger partial charge in [-0.05, 0) is 43.9 Å². The first-order chi connectivity index (χ1) is 9.29. The van der Waals surface area contributed by atoms with Gasteiger partial charge in [-0.15, -0.1) is 0 Å². The van der Waals surface area contributed by atoms with Crippen LogP contribution in [0.5, 0.6) is 0 Å². The van der Waals surface area contributed by atoms with E-state index in [-0.39, 0.29) is 5.82 Å². The van der Waals surface area contributed by atoms with E-state index < -0.39 is 0 Å². The Balaban J connectivity index is 1.90. The van der Waals surface area contributed by atoms with Gasteiger partial charge in [0, 0.05) is 26.2 Å². The highest BCUT2D eigenvalue weighted by Gasteiger charge is 2.15. The van der Waals surface area contributed by atoms with Crippen LogP contribution in [-0.4, -0.2) is 37.0 Å². The number of guanidine groups is 1. The van der Waals surface area contributed by atoms with Crippen LogP contribution < -0.4 is 5.32 Å². The average molecular weight is 263 g/mol. The van der Waals surface area contributed by atoms with E-state index >= 15 is 0 Å². The molecule has 0 unspecified atom stereocenters. The van der Waals surface area contributed by atoms with Crippen LogP contribution in [0, 0.1) is 5.82 Å². The third-order valence-electron chi connectivity index (χ3n) is 3.29. The predicted molar refractivity (Wildman–Crippen MR) is 76.9 cm³/mol. The number of hydrogen-bond donors (Lipinski definition) is 1. The summed E-state index contributed by atoms with van der Waals surface area (Å²) in [4.78, 5) is 6.93. The zero-order chi connectivity index (χ0) is 13.5. The molecule has 0 radical (unpaired) electrons. The molecule has 1 aromatic carbocycles. The van der Waals surface area contributed by atoms with E-state index in [4.69, 9.17) is 0 Å². The molecule has 1 aliphatic heterocycles. The maximum Gasteiger partial charge on any atom is 0.193 e. The Bertz CT molecular complexity index is 425. The molecule has 4 heteroatoms. The van der Waals surface area contributed by atoms with Crippen LogP contribution in [0.15, 0.2) is 29.3 Å². The first kappa shape index (κ1) is 13.8. The van der Waals surface area contributed by atoms with E-state index in [1.165, 1.54) is 18.9 Å². The van der Waals surface area contributed by atoms with Crippen molar-refractivity contribution in [2.45, 2.75) is 26.2 Å². The van der Waals surface area contributed by atoms with Gasteiger partial charge in [0.15, 0.2) is 5.96 Å². The molecule has 1 heterocycles. The van der Waals surface area contributed by atoms with Crippen LogP contribution in [0.2, 0.25) is 0 Å². The van der Waals surface area contributed by atoms with Crippen LogP contribution in [0.4, 0.5) is 4.39 Å². The second kappa shape index (κ2) is 7.12. The summed E-state index contributed by atoms with van der Waals surface area (Å²) in [5.41, 5.74) is 1.00. The molecule has 0 bridgehead atoms. The highest BCUT2D eigenvalue weighted by Crippen LogP contribution is 2.08. The second-order valence-electron chi connectivity index (χ2n) is 4.81. The molecular weight excluding hydrogens is 241 g/mol. The van der Waals surface area contributed by atoms with Crippen molar-refractivity contribution in [3.63, 3.8) is 0 Å². The molecule has 0 aromatic heterocycles. The van der Waals surface area contributed by atoms with Gasteiger partial charge in [-0.1, -0.05) is 12.1 Å². The maximum absolute atomic E-state index is 13.1. The van der Waals surface area contributed by atoms with Gasteiger partial charge in [-0.3, -0.25) is 4.99 Å². The van der Waals surface area contributed by atoms with Gasteiger partial charge in [0.1, 0.15) is 5.82 Å². The van der Waals surface area contributed by atoms with Crippen molar-refractivity contribution in [1.29, 1.82) is 0 Å². The van der Waals surface area contributed by atoms with Crippen molar-refractivity contribution < 1.29 is 4.39 Å². The van der Waals surface area contributed by atoms with Gasteiger partial charge < -0.3 is 10.2 Å². The zero-order valence-electron chi connectivity index (χ0n) is 11.5. The summed E-state index contributed by atoms with van der Waals surface area (Å²) in [6.07, 6.45) is 3.27. The fraction of sp³-hybridized carbons (Fsp3) is 0.533. The molecule has 0 aliphatic carbocycles. The van der Waals surface area contributed by atoms with E-state index in [9.17, 15) is 4.39 Å². The van der Waals surface area contributed by atoms with Crippen molar-refractivity contribution in [2.75, 3.05) is 26.2 Å². The Hall–Kier alpha value is -1.58. The summed E-state index contributed by atoms with van der Waals surface area (Å²) in [5, 5.41) is 3.32. The standard InChI is InChI=1S/C15H22FN3/c1-2-17-15(19-10-3-4-11-19)18-9-8-13-6-5-7-14(16)12-13/h5-7,12H,2-4,8-11H2,1H3,(H,17,18). The number of halogens is 1. The normalized spacial score (nSPS) is 15.9. The zero-order valence-corrected chi connectivity index (χ0v) is 11.5. The first-order valence-electron chi connectivity index (χ1n) is 7.07. The topological polar surface area (TPSA) is 27.6 Å². The van der Waals surface area contributed by atoms with E-state index in [2.05, 4.69) is 22.1 Å². The largest absolute Gasteiger partial charge is 0.357 e. The van der Waals surface area contributed by atoms with Crippen LogP contribution >= 0.6 is 0 Å². The lowest BCUT2D eigenvalue weighted by molar-refractivity contribution is 0.494. The molecule has 2 rings (SSSR count). The molecule has 0 atom stereocenters. The average Bonchev–Trinajstić information content (AvgIpc) is 2.91. The summed E-state index contributed by atoms with van der Waals surface area (Å²) in [5.74, 6) is 0.823. The van der Waals surface area contributed by atoms with Gasteiger partial charge in [-0.2, -0.15) is 0 Å². The summed E-state index contributed by atoms with van der Waals surface area (Å²) in [6.45, 7) is 5.84. The molecule has 0 saturated carbocycles. The Kier molecular flexibility index (Phi) is 5.19. The molecule has 0 spiro atoms. The fourth-order valence-electron chi connectivity index (χ4n) is 2.34. The van der Waals surface area contributed by atoms with Crippen LogP contribution in [0.25, 0.3) is 0 Å². The van der Waals surface area contributed by atoms with Crippen molar-refractivity contribution in [3.05, 3.63) is 35.6 Å². The van der Waals surface area contributed by atoms with E-state index in [1.807, 2.05) is 6.07 Å². The Morgan fingerprint density at radius 1 is 1.37 bits per heavy atom. The number of rotatable bonds is 4. The maximum atomic E-state index is 13.1. The first-order valence-corrected chi connectivity index (χ1v) is 7.07. The molecule has 19 heavy (non-hydrogen) atoms. The molecule has 1 saturated heterocycles. The molecule has 1 aliphatic rings. The Labute approximate surface area is 114 Å². The third-order valence-corrected chi connectivity index (χ3v) is 3.29. The van der Waals surface area contributed by atoms with Crippen LogP contribution in [0.3, 0.4) is 0 Å². The van der Waals surface area contributed by atoms with Crippen molar-refractivity contribution in [1.82, 2.24) is 10.2 Å².